The summed E-state index contributed by atoms with van der Waals surface area (Å²) in [5.41, 5.74) is 6.98. The molecule has 0 fully saturated rings. The van der Waals surface area contributed by atoms with Crippen LogP contribution in [0.2, 0.25) is 15.1 Å². The predicted molar refractivity (Wildman–Crippen MR) is 90.0 cm³/mol. The van der Waals surface area contributed by atoms with Crippen molar-refractivity contribution in [3.05, 3.63) is 57.0 Å². The maximum Gasteiger partial charge on any atom is 0.149 e. The molecular weight excluding hydrogens is 329 g/mol. The minimum absolute atomic E-state index is 0.0562. The van der Waals surface area contributed by atoms with Gasteiger partial charge in [-0.15, -0.1) is 0 Å². The quantitative estimate of drug-likeness (QED) is 0.753. The van der Waals surface area contributed by atoms with Gasteiger partial charge in [0, 0.05) is 6.04 Å². The first-order valence-electron chi connectivity index (χ1n) is 6.67. The first-order valence-corrected chi connectivity index (χ1v) is 7.81. The molecule has 2 aromatic rings. The van der Waals surface area contributed by atoms with Crippen LogP contribution in [0.5, 0.6) is 11.5 Å². The van der Waals surface area contributed by atoms with Crippen LogP contribution in [0.1, 0.15) is 18.9 Å². The average Bonchev–Trinajstić information content (AvgIpc) is 2.47. The lowest BCUT2D eigenvalue weighted by Gasteiger charge is -2.16. The van der Waals surface area contributed by atoms with Crippen molar-refractivity contribution in [1.29, 1.82) is 0 Å². The van der Waals surface area contributed by atoms with E-state index in [0.717, 1.165) is 12.0 Å². The SMILES string of the molecule is CCC(N)Cc1cccc(Cl)c1Oc1cccc(Cl)c1Cl. The number of benzene rings is 2. The number of ether oxygens (including phenoxy) is 1. The van der Waals surface area contributed by atoms with Crippen molar-refractivity contribution in [3.8, 4) is 11.5 Å². The Morgan fingerprint density at radius 1 is 1.05 bits per heavy atom. The minimum Gasteiger partial charge on any atom is -0.454 e. The van der Waals surface area contributed by atoms with Gasteiger partial charge in [-0.1, -0.05) is 59.9 Å². The Morgan fingerprint density at radius 3 is 2.43 bits per heavy atom. The fraction of sp³-hybridized carbons (Fsp3) is 0.250. The molecule has 112 valence electrons. The Hall–Kier alpha value is -0.930. The van der Waals surface area contributed by atoms with Crippen LogP contribution in [0, 0.1) is 0 Å². The molecule has 2 aromatic carbocycles. The van der Waals surface area contributed by atoms with Gasteiger partial charge in [0.25, 0.3) is 0 Å². The van der Waals surface area contributed by atoms with Gasteiger partial charge in [0.05, 0.1) is 10.0 Å². The maximum atomic E-state index is 6.26. The van der Waals surface area contributed by atoms with E-state index in [2.05, 4.69) is 0 Å². The zero-order valence-corrected chi connectivity index (χ0v) is 13.8. The van der Waals surface area contributed by atoms with Gasteiger partial charge in [-0.25, -0.2) is 0 Å². The summed E-state index contributed by atoms with van der Waals surface area (Å²) in [6.07, 6.45) is 1.56. The van der Waals surface area contributed by atoms with Gasteiger partial charge < -0.3 is 10.5 Å². The molecule has 0 heterocycles. The standard InChI is InChI=1S/C16H16Cl3NO/c1-2-11(20)9-10-5-3-7-13(18)16(10)21-14-8-4-6-12(17)15(14)19/h3-8,11H,2,9,20H2,1H3. The smallest absolute Gasteiger partial charge is 0.149 e. The summed E-state index contributed by atoms with van der Waals surface area (Å²) >= 11 is 18.4. The van der Waals surface area contributed by atoms with Crippen molar-refractivity contribution >= 4 is 34.8 Å². The van der Waals surface area contributed by atoms with Crippen molar-refractivity contribution in [2.45, 2.75) is 25.8 Å². The molecule has 2 rings (SSSR count). The normalized spacial score (nSPS) is 12.2. The van der Waals surface area contributed by atoms with Crippen LogP contribution in [0.3, 0.4) is 0 Å². The molecule has 0 aliphatic rings. The summed E-state index contributed by atoms with van der Waals surface area (Å²) in [7, 11) is 0. The van der Waals surface area contributed by atoms with Crippen LogP contribution in [-0.4, -0.2) is 6.04 Å². The van der Waals surface area contributed by atoms with Crippen LogP contribution in [0.15, 0.2) is 36.4 Å². The lowest BCUT2D eigenvalue weighted by atomic mass is 10.0. The Kier molecular flexibility index (Phi) is 5.77. The van der Waals surface area contributed by atoms with Crippen molar-refractivity contribution in [1.82, 2.24) is 0 Å². The summed E-state index contributed by atoms with van der Waals surface area (Å²) in [6.45, 7) is 2.05. The molecule has 21 heavy (non-hydrogen) atoms. The molecule has 1 atom stereocenters. The van der Waals surface area contributed by atoms with E-state index in [0.29, 0.717) is 33.0 Å². The highest BCUT2D eigenvalue weighted by molar-refractivity contribution is 6.43. The molecule has 0 saturated heterocycles. The van der Waals surface area contributed by atoms with Crippen LogP contribution >= 0.6 is 34.8 Å². The number of nitrogens with two attached hydrogens (primary N) is 1. The van der Waals surface area contributed by atoms with Crippen LogP contribution in [-0.2, 0) is 6.42 Å². The van der Waals surface area contributed by atoms with E-state index in [1.54, 1.807) is 24.3 Å². The van der Waals surface area contributed by atoms with Gasteiger partial charge in [0.2, 0.25) is 0 Å². The fourth-order valence-corrected chi connectivity index (χ4v) is 2.49. The second-order valence-electron chi connectivity index (χ2n) is 4.75. The Morgan fingerprint density at radius 2 is 1.71 bits per heavy atom. The van der Waals surface area contributed by atoms with E-state index in [4.69, 9.17) is 45.3 Å². The second kappa shape index (κ2) is 7.37. The van der Waals surface area contributed by atoms with Gasteiger partial charge in [0.15, 0.2) is 0 Å². The molecule has 0 aliphatic heterocycles. The van der Waals surface area contributed by atoms with E-state index in [-0.39, 0.29) is 6.04 Å². The third-order valence-electron chi connectivity index (χ3n) is 3.18. The largest absolute Gasteiger partial charge is 0.454 e. The van der Waals surface area contributed by atoms with E-state index in [1.165, 1.54) is 0 Å². The zero-order chi connectivity index (χ0) is 15.4. The van der Waals surface area contributed by atoms with Gasteiger partial charge >= 0.3 is 0 Å². The number of hydrogen-bond donors (Lipinski definition) is 1. The fourth-order valence-electron chi connectivity index (χ4n) is 1.93. The highest BCUT2D eigenvalue weighted by Gasteiger charge is 2.14. The third-order valence-corrected chi connectivity index (χ3v) is 4.28. The van der Waals surface area contributed by atoms with E-state index < -0.39 is 0 Å². The summed E-state index contributed by atoms with van der Waals surface area (Å²) in [5.74, 6) is 1.05. The molecule has 0 saturated carbocycles. The molecule has 1 unspecified atom stereocenters. The molecule has 0 bridgehead atoms. The topological polar surface area (TPSA) is 35.2 Å². The highest BCUT2D eigenvalue weighted by Crippen LogP contribution is 2.39. The third kappa shape index (κ3) is 4.04. The highest BCUT2D eigenvalue weighted by atomic mass is 35.5. The molecule has 0 aliphatic carbocycles. The number of hydrogen-bond acceptors (Lipinski definition) is 2. The van der Waals surface area contributed by atoms with Crippen molar-refractivity contribution in [3.63, 3.8) is 0 Å². The van der Waals surface area contributed by atoms with E-state index in [1.807, 2.05) is 19.1 Å². The van der Waals surface area contributed by atoms with Gasteiger partial charge in [-0.3, -0.25) is 0 Å². The summed E-state index contributed by atoms with van der Waals surface area (Å²) < 4.78 is 5.89. The van der Waals surface area contributed by atoms with E-state index >= 15 is 0 Å². The van der Waals surface area contributed by atoms with E-state index in [9.17, 15) is 0 Å². The first kappa shape index (κ1) is 16.4. The second-order valence-corrected chi connectivity index (χ2v) is 5.95. The van der Waals surface area contributed by atoms with Crippen molar-refractivity contribution in [2.75, 3.05) is 0 Å². The lowest BCUT2D eigenvalue weighted by Crippen LogP contribution is -2.21. The molecule has 2 nitrogen and oxygen atoms in total. The molecule has 0 spiro atoms. The van der Waals surface area contributed by atoms with Crippen LogP contribution in [0.4, 0.5) is 0 Å². The average molecular weight is 345 g/mol. The molecule has 5 heteroatoms. The van der Waals surface area contributed by atoms with Crippen LogP contribution < -0.4 is 10.5 Å². The Bertz CT molecular complexity index is 631. The molecular formula is C16H16Cl3NO. The van der Waals surface area contributed by atoms with Crippen molar-refractivity contribution < 1.29 is 4.74 Å². The molecule has 0 aromatic heterocycles. The van der Waals surface area contributed by atoms with Gasteiger partial charge in [0.1, 0.15) is 16.5 Å². The van der Waals surface area contributed by atoms with Gasteiger partial charge in [-0.05, 0) is 36.6 Å². The lowest BCUT2D eigenvalue weighted by molar-refractivity contribution is 0.472. The Labute approximate surface area is 139 Å². The van der Waals surface area contributed by atoms with Gasteiger partial charge in [-0.2, -0.15) is 0 Å². The molecule has 2 N–H and O–H groups in total. The molecule has 0 radical (unpaired) electrons. The minimum atomic E-state index is 0.0562. The number of para-hydroxylation sites is 1. The van der Waals surface area contributed by atoms with Crippen LogP contribution in [0.25, 0.3) is 0 Å². The number of halogens is 3. The maximum absolute atomic E-state index is 6.26. The zero-order valence-electron chi connectivity index (χ0n) is 11.6. The summed E-state index contributed by atoms with van der Waals surface area (Å²) in [6, 6.07) is 10.9. The summed E-state index contributed by atoms with van der Waals surface area (Å²) in [5, 5.41) is 1.32. The Balaban J connectivity index is 2.36. The van der Waals surface area contributed by atoms with Crippen molar-refractivity contribution in [2.24, 2.45) is 5.73 Å². The monoisotopic (exact) mass is 343 g/mol. The predicted octanol–water partition coefficient (Wildman–Crippen LogP) is 5.72. The first-order chi connectivity index (χ1) is 10.0. The molecule has 0 amide bonds. The summed E-state index contributed by atoms with van der Waals surface area (Å²) in [4.78, 5) is 0. The number of rotatable bonds is 5.